The van der Waals surface area contributed by atoms with Gasteiger partial charge in [-0.3, -0.25) is 4.79 Å². The molecule has 0 saturated heterocycles. The van der Waals surface area contributed by atoms with Gasteiger partial charge in [-0.2, -0.15) is 0 Å². The van der Waals surface area contributed by atoms with Gasteiger partial charge in [0, 0.05) is 12.0 Å². The Kier molecular flexibility index (Phi) is 6.29. The van der Waals surface area contributed by atoms with E-state index in [-0.39, 0.29) is 29.6 Å². The van der Waals surface area contributed by atoms with Crippen LogP contribution in [0.3, 0.4) is 0 Å². The molecule has 1 aliphatic heterocycles. The molecule has 4 atom stereocenters. The molecule has 7 heteroatoms. The topological polar surface area (TPSA) is 74.2 Å². The van der Waals surface area contributed by atoms with Gasteiger partial charge in [-0.25, -0.2) is 0 Å². The van der Waals surface area contributed by atoms with Gasteiger partial charge in [-0.05, 0) is 37.5 Å². The Balaban J connectivity index is 1.97. The van der Waals surface area contributed by atoms with Crippen molar-refractivity contribution < 1.29 is 28.5 Å². The summed E-state index contributed by atoms with van der Waals surface area (Å²) in [5, 5.41) is 11.5. The molecule has 0 bridgehead atoms. The molecule has 1 aliphatic carbocycles. The monoisotopic (exact) mass is 436 g/mol. The maximum Gasteiger partial charge on any atom is 0.306 e. The van der Waals surface area contributed by atoms with E-state index in [1.165, 1.54) is 0 Å². The number of ether oxygens (including phenoxy) is 3. The first-order valence-corrected chi connectivity index (χ1v) is 13.7. The summed E-state index contributed by atoms with van der Waals surface area (Å²) in [5.41, 5.74) is -0.0400. The first-order chi connectivity index (χ1) is 14.0. The zero-order chi connectivity index (χ0) is 22.3. The average molecular weight is 437 g/mol. The molecule has 0 amide bonds. The number of aliphatic hydroxyl groups excluding tert-OH is 1. The predicted octanol–water partition coefficient (Wildman–Crippen LogP) is 4.19. The van der Waals surface area contributed by atoms with E-state index < -0.39 is 19.8 Å². The summed E-state index contributed by atoms with van der Waals surface area (Å²) >= 11 is 0. The molecule has 1 aromatic rings. The summed E-state index contributed by atoms with van der Waals surface area (Å²) in [6, 6.07) is 5.64. The number of rotatable bonds is 6. The lowest BCUT2D eigenvalue weighted by molar-refractivity contribution is -0.150. The lowest BCUT2D eigenvalue weighted by Crippen LogP contribution is -2.57. The molecule has 3 rings (SSSR count). The van der Waals surface area contributed by atoms with Crippen molar-refractivity contribution in [1.29, 1.82) is 0 Å². The first kappa shape index (κ1) is 23.1. The minimum atomic E-state index is -2.02. The van der Waals surface area contributed by atoms with Gasteiger partial charge in [0.15, 0.2) is 19.8 Å². The standard InChI is InChI=1S/C23H36O6Si/c1-8-27-20(25)14-23-16-10-9-11-17(26-5)21(16)28-19(23)13-15(12-18(23)24)29-30(6,7)22(2,3)4/h9-11,15,18-19,24H,8,12-14H2,1-7H3/t15-,18+,19-,23+/m1/s1. The smallest absolute Gasteiger partial charge is 0.306 e. The summed E-state index contributed by atoms with van der Waals surface area (Å²) in [6.45, 7) is 13.1. The van der Waals surface area contributed by atoms with E-state index in [0.717, 1.165) is 5.56 Å². The van der Waals surface area contributed by atoms with Crippen molar-refractivity contribution >= 4 is 14.3 Å². The molecule has 0 unspecified atom stereocenters. The summed E-state index contributed by atoms with van der Waals surface area (Å²) in [4.78, 5) is 12.6. The second-order valence-electron chi connectivity index (χ2n) is 9.95. The van der Waals surface area contributed by atoms with Gasteiger partial charge >= 0.3 is 5.97 Å². The number of hydrogen-bond acceptors (Lipinski definition) is 6. The van der Waals surface area contributed by atoms with Crippen LogP contribution in [0.4, 0.5) is 0 Å². The van der Waals surface area contributed by atoms with Crippen molar-refractivity contribution in [2.45, 2.75) is 88.8 Å². The van der Waals surface area contributed by atoms with Crippen LogP contribution in [-0.4, -0.2) is 51.4 Å². The van der Waals surface area contributed by atoms with Crippen LogP contribution in [0.1, 0.15) is 52.5 Å². The second-order valence-corrected chi connectivity index (χ2v) is 14.7. The molecular weight excluding hydrogens is 400 g/mol. The third-order valence-electron chi connectivity index (χ3n) is 7.10. The maximum absolute atomic E-state index is 12.6. The van der Waals surface area contributed by atoms with Gasteiger partial charge in [-0.1, -0.05) is 32.9 Å². The Morgan fingerprint density at radius 3 is 2.60 bits per heavy atom. The molecule has 168 valence electrons. The van der Waals surface area contributed by atoms with E-state index in [0.29, 0.717) is 30.9 Å². The molecular formula is C23H36O6Si. The Hall–Kier alpha value is -1.57. The lowest BCUT2D eigenvalue weighted by Gasteiger charge is -2.47. The fraction of sp³-hybridized carbons (Fsp3) is 0.696. The molecule has 0 aromatic heterocycles. The lowest BCUT2D eigenvalue weighted by atomic mass is 9.64. The van der Waals surface area contributed by atoms with Crippen LogP contribution in [0.5, 0.6) is 11.5 Å². The van der Waals surface area contributed by atoms with Crippen LogP contribution < -0.4 is 9.47 Å². The molecule has 2 aliphatic rings. The quantitative estimate of drug-likeness (QED) is 0.532. The van der Waals surface area contributed by atoms with E-state index >= 15 is 0 Å². The Labute approximate surface area is 181 Å². The van der Waals surface area contributed by atoms with Gasteiger partial charge in [0.05, 0.1) is 37.8 Å². The fourth-order valence-electron chi connectivity index (χ4n) is 4.50. The number of methoxy groups -OCH3 is 1. The van der Waals surface area contributed by atoms with Crippen molar-refractivity contribution in [1.82, 2.24) is 0 Å². The number of para-hydroxylation sites is 1. The average Bonchev–Trinajstić information content (AvgIpc) is 2.95. The van der Waals surface area contributed by atoms with Crippen LogP contribution in [-0.2, 0) is 19.4 Å². The molecule has 1 heterocycles. The van der Waals surface area contributed by atoms with E-state index in [4.69, 9.17) is 18.6 Å². The molecule has 0 radical (unpaired) electrons. The number of benzene rings is 1. The van der Waals surface area contributed by atoms with E-state index in [1.807, 2.05) is 18.2 Å². The van der Waals surface area contributed by atoms with Crippen molar-refractivity contribution in [2.75, 3.05) is 13.7 Å². The van der Waals surface area contributed by atoms with E-state index in [1.54, 1.807) is 14.0 Å². The van der Waals surface area contributed by atoms with E-state index in [2.05, 4.69) is 33.9 Å². The largest absolute Gasteiger partial charge is 0.493 e. The fourth-order valence-corrected chi connectivity index (χ4v) is 5.88. The van der Waals surface area contributed by atoms with Crippen LogP contribution in [0.2, 0.25) is 18.1 Å². The highest BCUT2D eigenvalue weighted by atomic mass is 28.4. The molecule has 6 nitrogen and oxygen atoms in total. The van der Waals surface area contributed by atoms with Gasteiger partial charge in [0.1, 0.15) is 6.10 Å². The van der Waals surface area contributed by atoms with Gasteiger partial charge < -0.3 is 23.7 Å². The maximum atomic E-state index is 12.6. The number of carbonyl (C=O) groups is 1. The van der Waals surface area contributed by atoms with Crippen LogP contribution in [0, 0.1) is 0 Å². The Bertz CT molecular complexity index is 786. The van der Waals surface area contributed by atoms with Crippen LogP contribution in [0.25, 0.3) is 0 Å². The Morgan fingerprint density at radius 2 is 2.00 bits per heavy atom. The third kappa shape index (κ3) is 3.87. The first-order valence-electron chi connectivity index (χ1n) is 10.8. The number of fused-ring (bicyclic) bond motifs is 3. The summed E-state index contributed by atoms with van der Waals surface area (Å²) < 4.78 is 23.7. The summed E-state index contributed by atoms with van der Waals surface area (Å²) in [6.07, 6.45) is -0.153. The molecule has 30 heavy (non-hydrogen) atoms. The summed E-state index contributed by atoms with van der Waals surface area (Å²) in [7, 11) is -0.419. The predicted molar refractivity (Wildman–Crippen MR) is 118 cm³/mol. The van der Waals surface area contributed by atoms with Gasteiger partial charge in [-0.15, -0.1) is 0 Å². The van der Waals surface area contributed by atoms with Gasteiger partial charge in [0.2, 0.25) is 0 Å². The van der Waals surface area contributed by atoms with Crippen LogP contribution >= 0.6 is 0 Å². The minimum absolute atomic E-state index is 0.0691. The number of hydrogen-bond donors (Lipinski definition) is 1. The molecule has 1 aromatic carbocycles. The number of aliphatic hydroxyl groups is 1. The number of esters is 1. The highest BCUT2D eigenvalue weighted by molar-refractivity contribution is 6.74. The SMILES string of the molecule is CCOC(=O)C[C@@]12c3cccc(OC)c3O[C@@H]1C[C@H](O[Si](C)(C)C(C)(C)C)C[C@@H]2O. The Morgan fingerprint density at radius 1 is 1.30 bits per heavy atom. The molecule has 0 spiro atoms. The van der Waals surface area contributed by atoms with Crippen molar-refractivity contribution in [3.8, 4) is 11.5 Å². The zero-order valence-corrected chi connectivity index (χ0v) is 20.3. The van der Waals surface area contributed by atoms with E-state index in [9.17, 15) is 9.90 Å². The summed E-state index contributed by atoms with van der Waals surface area (Å²) in [5.74, 6) is 0.894. The molecule has 1 N–H and O–H groups in total. The molecule has 1 fully saturated rings. The number of carbonyl (C=O) groups excluding carboxylic acids is 1. The highest BCUT2D eigenvalue weighted by Gasteiger charge is 2.60. The van der Waals surface area contributed by atoms with Crippen molar-refractivity contribution in [2.24, 2.45) is 0 Å². The second kappa shape index (κ2) is 8.17. The third-order valence-corrected chi connectivity index (χ3v) is 11.6. The van der Waals surface area contributed by atoms with Crippen molar-refractivity contribution in [3.63, 3.8) is 0 Å². The minimum Gasteiger partial charge on any atom is -0.493 e. The van der Waals surface area contributed by atoms with Crippen molar-refractivity contribution in [3.05, 3.63) is 23.8 Å². The molecule has 1 saturated carbocycles. The highest BCUT2D eigenvalue weighted by Crippen LogP contribution is 2.56. The van der Waals surface area contributed by atoms with Gasteiger partial charge in [0.25, 0.3) is 0 Å². The zero-order valence-electron chi connectivity index (χ0n) is 19.3. The van der Waals surface area contributed by atoms with Crippen LogP contribution in [0.15, 0.2) is 18.2 Å². The normalized spacial score (nSPS) is 28.3.